The van der Waals surface area contributed by atoms with Crippen LogP contribution in [-0.2, 0) is 30.8 Å². The summed E-state index contributed by atoms with van der Waals surface area (Å²) in [4.78, 5) is 53.7. The van der Waals surface area contributed by atoms with Crippen LogP contribution in [0.3, 0.4) is 0 Å². The van der Waals surface area contributed by atoms with Gasteiger partial charge in [-0.1, -0.05) is 18.2 Å². The summed E-state index contributed by atoms with van der Waals surface area (Å²) in [6, 6.07) is 20.2. The lowest BCUT2D eigenvalue weighted by atomic mass is 9.59. The number of sulfonamides is 1. The smallest absolute Gasteiger partial charge is 0.297 e. The maximum Gasteiger partial charge on any atom is 0.297 e. The van der Waals surface area contributed by atoms with Crippen molar-refractivity contribution in [3.8, 4) is 17.4 Å². The number of fused-ring (bicyclic) bond motifs is 5. The summed E-state index contributed by atoms with van der Waals surface area (Å²) in [5.41, 5.74) is 5.62. The zero-order valence-electron chi connectivity index (χ0n) is 46.6. The first-order valence-electron chi connectivity index (χ1n) is 29.3. The molecule has 14 rings (SSSR count). The average molecular weight is 1150 g/mol. The van der Waals surface area contributed by atoms with E-state index in [4.69, 9.17) is 38.4 Å². The van der Waals surface area contributed by atoms with Crippen molar-refractivity contribution in [2.75, 3.05) is 87.5 Å². The molecule has 7 aliphatic heterocycles. The van der Waals surface area contributed by atoms with Crippen LogP contribution < -0.4 is 34.0 Å². The van der Waals surface area contributed by atoms with E-state index in [2.05, 4.69) is 77.7 Å². The number of carbonyl (C=O) groups excluding carboxylic acids is 1. The molecule has 5 fully saturated rings. The van der Waals surface area contributed by atoms with Gasteiger partial charge in [-0.3, -0.25) is 34.7 Å². The fourth-order valence-electron chi connectivity index (χ4n) is 14.4. The fraction of sp³-hybridized carbons (Fsp3) is 0.500. The molecule has 436 valence electrons. The lowest BCUT2D eigenvalue weighted by molar-refractivity contribution is -0.384. The van der Waals surface area contributed by atoms with Crippen LogP contribution in [0, 0.1) is 21.4 Å². The Kier molecular flexibility index (Phi) is 14.1. The molecule has 8 aliphatic rings. The molecule has 83 heavy (non-hydrogen) atoms. The Hall–Kier alpha value is -7.15. The molecule has 1 amide bonds. The van der Waals surface area contributed by atoms with Crippen LogP contribution in [0.5, 0.6) is 17.4 Å². The maximum atomic E-state index is 15.0. The molecule has 1 aliphatic carbocycles. The number of nitrogens with zero attached hydrogens (tertiary/aromatic N) is 8. The molecule has 22 nitrogen and oxygen atoms in total. The highest BCUT2D eigenvalue weighted by Crippen LogP contribution is 2.55. The number of hydrogen-bond donors (Lipinski definition) is 3. The predicted octanol–water partition coefficient (Wildman–Crippen LogP) is 7.83. The Morgan fingerprint density at radius 3 is 2.54 bits per heavy atom. The summed E-state index contributed by atoms with van der Waals surface area (Å²) in [5, 5.41) is 16.7. The SMILES string of the molecule is CC(C)Oc1ccccc1[C@@H]1CN([C@H]2COCc3nccnc32)CCN1C1CC2(CCN(c3ccc(C(=O)NS(=O)(=O)c4cc5c(c([N+](=O)[O-])c4)N[C@H](C4CCOCC4)CO5)c(N4c5cc6cc[nH]c6nc5O[C@H]5COCC[C@@H]54)c3)CC2)C1. The van der Waals surface area contributed by atoms with Gasteiger partial charge in [0.1, 0.15) is 29.8 Å². The van der Waals surface area contributed by atoms with Crippen molar-refractivity contribution in [3.05, 3.63) is 118 Å². The van der Waals surface area contributed by atoms with E-state index in [-0.39, 0.29) is 71.8 Å². The molecule has 1 saturated carbocycles. The molecular weight excluding hydrogens is 1080 g/mol. The van der Waals surface area contributed by atoms with E-state index in [1.807, 2.05) is 30.5 Å². The number of amides is 1. The van der Waals surface area contributed by atoms with Crippen LogP contribution in [-0.4, -0.2) is 152 Å². The number of nitrogens with one attached hydrogen (secondary N) is 3. The third-order valence-corrected chi connectivity index (χ3v) is 19.9. The van der Waals surface area contributed by atoms with Crippen molar-refractivity contribution in [1.82, 2.24) is 34.5 Å². The van der Waals surface area contributed by atoms with Gasteiger partial charge in [0.25, 0.3) is 21.6 Å². The van der Waals surface area contributed by atoms with E-state index < -0.39 is 37.5 Å². The van der Waals surface area contributed by atoms with E-state index >= 15 is 0 Å². The van der Waals surface area contributed by atoms with Gasteiger partial charge >= 0.3 is 0 Å². The van der Waals surface area contributed by atoms with E-state index in [9.17, 15) is 23.3 Å². The van der Waals surface area contributed by atoms with Crippen LogP contribution in [0.15, 0.2) is 90.2 Å². The Labute approximate surface area is 481 Å². The molecule has 0 radical (unpaired) electrons. The molecule has 3 N–H and O–H groups in total. The number of nitro groups is 1. The number of aromatic nitrogens is 4. The van der Waals surface area contributed by atoms with Crippen LogP contribution in [0.2, 0.25) is 0 Å². The first kappa shape index (κ1) is 53.8. The van der Waals surface area contributed by atoms with E-state index in [1.54, 1.807) is 18.5 Å². The van der Waals surface area contributed by atoms with Gasteiger partial charge in [-0.15, -0.1) is 0 Å². The van der Waals surface area contributed by atoms with Crippen molar-refractivity contribution in [2.45, 2.75) is 113 Å². The maximum absolute atomic E-state index is 15.0. The molecule has 0 unspecified atom stereocenters. The monoisotopic (exact) mass is 1150 g/mol. The molecule has 3 aromatic heterocycles. The average Bonchev–Trinajstić information content (AvgIpc) is 4.15. The summed E-state index contributed by atoms with van der Waals surface area (Å²) >= 11 is 0. The highest BCUT2D eigenvalue weighted by atomic mass is 32.2. The van der Waals surface area contributed by atoms with Crippen LogP contribution in [0.4, 0.5) is 28.4 Å². The Balaban J connectivity index is 0.740. The van der Waals surface area contributed by atoms with Gasteiger partial charge in [0.05, 0.1) is 82.5 Å². The molecule has 6 aromatic rings. The van der Waals surface area contributed by atoms with Gasteiger partial charge < -0.3 is 48.5 Å². The summed E-state index contributed by atoms with van der Waals surface area (Å²) < 4.78 is 68.0. The number of hydrogen-bond acceptors (Lipinski definition) is 19. The van der Waals surface area contributed by atoms with Crippen molar-refractivity contribution < 1.29 is 46.6 Å². The summed E-state index contributed by atoms with van der Waals surface area (Å²) in [6.45, 7) is 11.4. The van der Waals surface area contributed by atoms with Crippen LogP contribution in [0.25, 0.3) is 11.0 Å². The number of pyridine rings is 1. The number of H-pyrrole nitrogens is 1. The fourth-order valence-corrected chi connectivity index (χ4v) is 15.4. The molecule has 0 bridgehead atoms. The van der Waals surface area contributed by atoms with Gasteiger partial charge in [-0.25, -0.2) is 13.1 Å². The van der Waals surface area contributed by atoms with Gasteiger partial charge in [0.2, 0.25) is 5.88 Å². The topological polar surface area (TPSA) is 241 Å². The summed E-state index contributed by atoms with van der Waals surface area (Å²) in [6.07, 6.45) is 11.1. The minimum Gasteiger partial charge on any atom is -0.491 e. The number of ether oxygens (including phenoxy) is 6. The third-order valence-electron chi connectivity index (χ3n) is 18.6. The Morgan fingerprint density at radius 1 is 0.892 bits per heavy atom. The summed E-state index contributed by atoms with van der Waals surface area (Å²) in [5.74, 6) is 0.549. The molecular formula is C60H69N11O11S. The molecule has 4 saturated heterocycles. The number of piperidine rings is 1. The van der Waals surface area contributed by atoms with Crippen molar-refractivity contribution in [1.29, 1.82) is 0 Å². The quantitative estimate of drug-likeness (QED) is 0.0781. The Morgan fingerprint density at radius 2 is 1.71 bits per heavy atom. The van der Waals surface area contributed by atoms with Crippen molar-refractivity contribution in [2.24, 2.45) is 11.3 Å². The number of carbonyl (C=O) groups is 1. The second kappa shape index (κ2) is 21.8. The van der Waals surface area contributed by atoms with Crippen molar-refractivity contribution >= 4 is 55.4 Å². The lowest BCUT2D eigenvalue weighted by Gasteiger charge is -2.58. The first-order chi connectivity index (χ1) is 40.3. The van der Waals surface area contributed by atoms with Gasteiger partial charge in [-0.2, -0.15) is 4.98 Å². The number of anilines is 4. The zero-order chi connectivity index (χ0) is 56.6. The number of para-hydroxylation sites is 1. The van der Waals surface area contributed by atoms with Gasteiger partial charge in [-0.05, 0) is 107 Å². The predicted molar refractivity (Wildman–Crippen MR) is 307 cm³/mol. The van der Waals surface area contributed by atoms with Gasteiger partial charge in [0, 0.05) is 106 Å². The first-order valence-corrected chi connectivity index (χ1v) is 30.7. The van der Waals surface area contributed by atoms with Crippen LogP contribution in [0.1, 0.15) is 98.2 Å². The number of nitro benzene ring substituents is 1. The summed E-state index contributed by atoms with van der Waals surface area (Å²) in [7, 11) is -4.72. The zero-order valence-corrected chi connectivity index (χ0v) is 47.4. The molecule has 1 spiro atoms. The van der Waals surface area contributed by atoms with E-state index in [1.165, 1.54) is 11.6 Å². The van der Waals surface area contributed by atoms with Gasteiger partial charge in [0.15, 0.2) is 11.4 Å². The Bertz CT molecular complexity index is 3560. The second-order valence-electron chi connectivity index (χ2n) is 23.8. The number of rotatable bonds is 12. The molecule has 3 aromatic carbocycles. The number of benzene rings is 3. The largest absolute Gasteiger partial charge is 0.491 e. The second-order valence-corrected chi connectivity index (χ2v) is 25.5. The molecule has 10 heterocycles. The minimum absolute atomic E-state index is 0.0164. The standard InChI is InChI=1S/C60H69N11O11S/c1-36(2)81-52-6-4-3-5-42(52)50-31-68(51-34-79-32-45-55(51)62-17-16-61-45)20-21-69(50)40-29-60(30-40)13-18-67(19-14-60)39-7-8-43(47(26-39)70-46-12-24-78-35-54(46)82-59-49(70)25-38-9-15-63-57(38)65-59)58(72)66-83(75,76)41-27-48(71(73)74)56-53(28-41)80-33-44(64-56)37-10-22-77-23-11-37/h3-9,15-17,25-28,36-37,40,44,46,50-51,54,64H,10-14,18-24,29-35H2,1-2H3,(H,63,65)(H,66,72)/t44-,46-,50-,51-,54-/m0/s1. The normalized spacial score (nSPS) is 24.8. The highest BCUT2D eigenvalue weighted by molar-refractivity contribution is 7.90. The molecule has 23 heteroatoms. The number of aromatic amines is 1. The third kappa shape index (κ3) is 10.1. The number of piperazine rings is 1. The van der Waals surface area contributed by atoms with Crippen molar-refractivity contribution in [3.63, 3.8) is 0 Å². The molecule has 5 atom stereocenters. The lowest BCUT2D eigenvalue weighted by Crippen LogP contribution is -2.60. The van der Waals surface area contributed by atoms with E-state index in [0.717, 1.165) is 106 Å². The highest BCUT2D eigenvalue weighted by Gasteiger charge is 2.51. The minimum atomic E-state index is -4.72. The van der Waals surface area contributed by atoms with Crippen LogP contribution >= 0.6 is 0 Å². The van der Waals surface area contributed by atoms with E-state index in [0.29, 0.717) is 68.4 Å².